The first-order valence-corrected chi connectivity index (χ1v) is 9.44. The van der Waals surface area contributed by atoms with E-state index in [9.17, 15) is 0 Å². The third-order valence-electron chi connectivity index (χ3n) is 5.62. The first kappa shape index (κ1) is 18.9. The van der Waals surface area contributed by atoms with Crippen LogP contribution in [0.1, 0.15) is 31.9 Å². The summed E-state index contributed by atoms with van der Waals surface area (Å²) in [5.74, 6) is 1.09. The van der Waals surface area contributed by atoms with Crippen molar-refractivity contribution in [2.45, 2.75) is 32.4 Å². The molecule has 8 nitrogen and oxygen atoms in total. The Bertz CT molecular complexity index is 1000. The Morgan fingerprint density at radius 3 is 2.31 bits per heavy atom. The second-order valence-corrected chi connectivity index (χ2v) is 7.53. The Balaban J connectivity index is 1.65. The van der Waals surface area contributed by atoms with Gasteiger partial charge in [-0.1, -0.05) is 45.0 Å². The lowest BCUT2D eigenvalue weighted by atomic mass is 9.71. The van der Waals surface area contributed by atoms with Crippen LogP contribution in [0.15, 0.2) is 60.1 Å². The molecule has 0 saturated carbocycles. The number of nitrogens with two attached hydrogens (primary N) is 1. The fourth-order valence-electron chi connectivity index (χ4n) is 3.40. The lowest BCUT2D eigenvalue weighted by Gasteiger charge is -2.37. The number of aromatic nitrogens is 4. The Hall–Kier alpha value is -3.39. The highest BCUT2D eigenvalue weighted by molar-refractivity contribution is 5.94. The van der Waals surface area contributed by atoms with E-state index in [0.29, 0.717) is 11.8 Å². The topological polar surface area (TPSA) is 111 Å². The Kier molecular flexibility index (Phi) is 4.94. The molecule has 148 valence electrons. The molecule has 3 aromatic rings. The van der Waals surface area contributed by atoms with Crippen LogP contribution >= 0.6 is 0 Å². The highest BCUT2D eigenvalue weighted by Crippen LogP contribution is 2.38. The van der Waals surface area contributed by atoms with Gasteiger partial charge in [-0.25, -0.2) is 15.0 Å². The van der Waals surface area contributed by atoms with E-state index in [1.165, 1.54) is 0 Å². The van der Waals surface area contributed by atoms with Gasteiger partial charge in [0.15, 0.2) is 0 Å². The van der Waals surface area contributed by atoms with Crippen molar-refractivity contribution in [2.75, 3.05) is 5.73 Å². The molecule has 3 heterocycles. The SMILES string of the molecule is CC(C)C(C)(c1ccc(-c2cnc(N)nc2)cc1)C1N=C(c2ccnnc2)ON1. The number of aliphatic imine (C=N–C) groups is 1. The molecule has 0 amide bonds. The summed E-state index contributed by atoms with van der Waals surface area (Å²) in [6.07, 6.45) is 6.47. The lowest BCUT2D eigenvalue weighted by Crippen LogP contribution is -2.46. The van der Waals surface area contributed by atoms with Gasteiger partial charge in [-0.15, -0.1) is 5.48 Å². The molecule has 1 aromatic carbocycles. The highest BCUT2D eigenvalue weighted by Gasteiger charge is 2.42. The van der Waals surface area contributed by atoms with Gasteiger partial charge >= 0.3 is 0 Å². The fourth-order valence-corrected chi connectivity index (χ4v) is 3.40. The maximum atomic E-state index is 5.68. The molecule has 0 fully saturated rings. The van der Waals surface area contributed by atoms with Crippen LogP contribution in [0.2, 0.25) is 0 Å². The molecule has 3 N–H and O–H groups in total. The number of anilines is 1. The molecule has 4 rings (SSSR count). The summed E-state index contributed by atoms with van der Waals surface area (Å²) in [7, 11) is 0. The lowest BCUT2D eigenvalue weighted by molar-refractivity contribution is 0.119. The van der Waals surface area contributed by atoms with Crippen molar-refractivity contribution in [1.82, 2.24) is 25.6 Å². The van der Waals surface area contributed by atoms with E-state index in [4.69, 9.17) is 15.6 Å². The number of benzene rings is 1. The first-order valence-electron chi connectivity index (χ1n) is 9.44. The number of hydroxylamine groups is 1. The minimum Gasteiger partial charge on any atom is -0.386 e. The van der Waals surface area contributed by atoms with Crippen LogP contribution in [0.3, 0.4) is 0 Å². The molecule has 29 heavy (non-hydrogen) atoms. The molecule has 8 heteroatoms. The average Bonchev–Trinajstić information content (AvgIpc) is 3.25. The zero-order valence-electron chi connectivity index (χ0n) is 16.6. The van der Waals surface area contributed by atoms with Gasteiger partial charge in [0.05, 0.1) is 18.0 Å². The Labute approximate surface area is 169 Å². The first-order chi connectivity index (χ1) is 14.0. The molecule has 0 aliphatic carbocycles. The van der Waals surface area contributed by atoms with Crippen LogP contribution in [0.25, 0.3) is 11.1 Å². The van der Waals surface area contributed by atoms with Crippen molar-refractivity contribution < 1.29 is 4.84 Å². The summed E-state index contributed by atoms with van der Waals surface area (Å²) >= 11 is 0. The molecular formula is C21H23N7O. The van der Waals surface area contributed by atoms with Crippen molar-refractivity contribution in [3.8, 4) is 11.1 Å². The molecule has 1 aliphatic heterocycles. The summed E-state index contributed by atoms with van der Waals surface area (Å²) in [4.78, 5) is 18.6. The van der Waals surface area contributed by atoms with Gasteiger partial charge in [-0.05, 0) is 23.1 Å². The van der Waals surface area contributed by atoms with Crippen LogP contribution < -0.4 is 11.2 Å². The largest absolute Gasteiger partial charge is 0.386 e. The highest BCUT2D eigenvalue weighted by atomic mass is 16.7. The fraction of sp³-hybridized carbons (Fsp3) is 0.286. The molecule has 2 atom stereocenters. The van der Waals surface area contributed by atoms with E-state index in [1.807, 2.05) is 6.07 Å². The number of hydrogen-bond donors (Lipinski definition) is 2. The van der Waals surface area contributed by atoms with Gasteiger partial charge in [0.2, 0.25) is 11.8 Å². The molecule has 0 bridgehead atoms. The van der Waals surface area contributed by atoms with Crippen LogP contribution in [0.4, 0.5) is 5.95 Å². The Morgan fingerprint density at radius 1 is 0.966 bits per heavy atom. The zero-order chi connectivity index (χ0) is 20.4. The van der Waals surface area contributed by atoms with E-state index in [-0.39, 0.29) is 17.5 Å². The van der Waals surface area contributed by atoms with Gasteiger partial charge in [-0.2, -0.15) is 10.2 Å². The van der Waals surface area contributed by atoms with Crippen LogP contribution in [0.5, 0.6) is 0 Å². The minimum absolute atomic E-state index is 0.239. The molecule has 2 aromatic heterocycles. The van der Waals surface area contributed by atoms with Crippen LogP contribution in [0, 0.1) is 5.92 Å². The molecule has 1 aliphatic rings. The summed E-state index contributed by atoms with van der Waals surface area (Å²) in [5, 5.41) is 7.70. The predicted molar refractivity (Wildman–Crippen MR) is 111 cm³/mol. The average molecular weight is 389 g/mol. The minimum atomic E-state index is -0.293. The van der Waals surface area contributed by atoms with E-state index >= 15 is 0 Å². The third kappa shape index (κ3) is 3.54. The van der Waals surface area contributed by atoms with Crippen LogP contribution in [-0.2, 0) is 10.3 Å². The Morgan fingerprint density at radius 2 is 1.69 bits per heavy atom. The zero-order valence-corrected chi connectivity index (χ0v) is 16.6. The number of nitrogen functional groups attached to an aromatic ring is 1. The summed E-state index contributed by atoms with van der Waals surface area (Å²) in [6.45, 7) is 6.56. The second-order valence-electron chi connectivity index (χ2n) is 7.53. The van der Waals surface area contributed by atoms with Crippen molar-refractivity contribution in [2.24, 2.45) is 10.9 Å². The van der Waals surface area contributed by atoms with E-state index < -0.39 is 0 Å². The predicted octanol–water partition coefficient (Wildman–Crippen LogP) is 2.74. The smallest absolute Gasteiger partial charge is 0.244 e. The summed E-state index contributed by atoms with van der Waals surface area (Å²) in [5.41, 5.74) is 12.3. The van der Waals surface area contributed by atoms with Gasteiger partial charge in [-0.3, -0.25) is 0 Å². The molecule has 0 radical (unpaired) electrons. The van der Waals surface area contributed by atoms with E-state index in [2.05, 4.69) is 70.7 Å². The maximum Gasteiger partial charge on any atom is 0.244 e. The second kappa shape index (κ2) is 7.56. The monoisotopic (exact) mass is 389 g/mol. The van der Waals surface area contributed by atoms with Gasteiger partial charge in [0.25, 0.3) is 0 Å². The molecule has 0 saturated heterocycles. The number of nitrogens with zero attached hydrogens (tertiary/aromatic N) is 5. The molecule has 0 spiro atoms. The number of hydrogen-bond acceptors (Lipinski definition) is 8. The normalized spacial score (nSPS) is 18.2. The quantitative estimate of drug-likeness (QED) is 0.690. The van der Waals surface area contributed by atoms with Crippen molar-refractivity contribution in [3.63, 3.8) is 0 Å². The number of nitrogens with one attached hydrogen (secondary N) is 1. The van der Waals surface area contributed by atoms with Crippen molar-refractivity contribution in [1.29, 1.82) is 0 Å². The third-order valence-corrected chi connectivity index (χ3v) is 5.62. The molecular weight excluding hydrogens is 366 g/mol. The molecule has 2 unspecified atom stereocenters. The maximum absolute atomic E-state index is 5.68. The van der Waals surface area contributed by atoms with Crippen molar-refractivity contribution in [3.05, 3.63) is 66.2 Å². The van der Waals surface area contributed by atoms with Crippen molar-refractivity contribution >= 4 is 11.8 Å². The van der Waals surface area contributed by atoms with Gasteiger partial charge in [0, 0.05) is 23.4 Å². The van der Waals surface area contributed by atoms with Gasteiger partial charge < -0.3 is 10.6 Å². The van der Waals surface area contributed by atoms with E-state index in [0.717, 1.165) is 22.3 Å². The van der Waals surface area contributed by atoms with Gasteiger partial charge in [0.1, 0.15) is 6.17 Å². The standard InChI is InChI=1S/C21H23N7O/c1-13(2)21(3,19-27-18(29-28-19)15-8-9-25-26-12-15)17-6-4-14(5-7-17)16-10-23-20(22)24-11-16/h4-13,19,28H,1-3H3,(H2,22,23,24). The van der Waals surface area contributed by atoms with E-state index in [1.54, 1.807) is 24.8 Å². The van der Waals surface area contributed by atoms with Crippen LogP contribution in [-0.4, -0.2) is 32.2 Å². The summed E-state index contributed by atoms with van der Waals surface area (Å²) < 4.78 is 0. The summed E-state index contributed by atoms with van der Waals surface area (Å²) in [6, 6.07) is 10.2. The number of rotatable bonds is 5.